The van der Waals surface area contributed by atoms with Crippen LogP contribution in [0.2, 0.25) is 0 Å². The number of piperidine rings is 1. The van der Waals surface area contributed by atoms with Gasteiger partial charge in [-0.05, 0) is 63.2 Å². The van der Waals surface area contributed by atoms with Gasteiger partial charge in [0.25, 0.3) is 5.91 Å². The van der Waals surface area contributed by atoms with Crippen molar-refractivity contribution in [2.45, 2.75) is 24.7 Å². The fourth-order valence-corrected chi connectivity index (χ4v) is 5.89. The van der Waals surface area contributed by atoms with Crippen LogP contribution in [0.15, 0.2) is 53.4 Å². The summed E-state index contributed by atoms with van der Waals surface area (Å²) in [4.78, 5) is 29.9. The van der Waals surface area contributed by atoms with Gasteiger partial charge in [-0.1, -0.05) is 17.7 Å². The first-order valence-electron chi connectivity index (χ1n) is 11.7. The van der Waals surface area contributed by atoms with E-state index >= 15 is 0 Å². The summed E-state index contributed by atoms with van der Waals surface area (Å²) in [6, 6.07) is 13.7. The summed E-state index contributed by atoms with van der Waals surface area (Å²) in [5.74, 6) is -0.641. The van der Waals surface area contributed by atoms with Crippen molar-refractivity contribution in [2.24, 2.45) is 5.92 Å². The summed E-state index contributed by atoms with van der Waals surface area (Å²) < 4.78 is 27.5. The van der Waals surface area contributed by atoms with Crippen molar-refractivity contribution in [3.05, 3.63) is 59.7 Å². The van der Waals surface area contributed by atoms with Crippen LogP contribution in [0.5, 0.6) is 0 Å². The number of hydrogen-bond donors (Lipinski definition) is 1. The normalized spacial score (nSPS) is 20.2. The number of anilines is 1. The standard InChI is InChI=1S/C25H32N4O4S/c1-19-5-11-23(12-6-19)34(32,33)29-13-3-4-21(18-29)24(30)26-22-9-7-20(8-10-22)25(31)28-16-14-27(2)15-17-28/h5-12,21H,3-4,13-18H2,1-2H3,(H,26,30). The molecule has 2 aromatic rings. The Hall–Kier alpha value is -2.75. The number of nitrogens with one attached hydrogen (secondary N) is 1. The van der Waals surface area contributed by atoms with Crippen molar-refractivity contribution in [1.29, 1.82) is 0 Å². The van der Waals surface area contributed by atoms with Crippen LogP contribution in [0.4, 0.5) is 5.69 Å². The van der Waals surface area contributed by atoms with E-state index in [0.29, 0.717) is 43.7 Å². The van der Waals surface area contributed by atoms with E-state index in [1.807, 2.05) is 18.9 Å². The van der Waals surface area contributed by atoms with E-state index in [9.17, 15) is 18.0 Å². The first-order valence-corrected chi connectivity index (χ1v) is 13.1. The lowest BCUT2D eigenvalue weighted by atomic mass is 9.98. The van der Waals surface area contributed by atoms with Crippen LogP contribution < -0.4 is 5.32 Å². The molecular formula is C25H32N4O4S. The average molecular weight is 485 g/mol. The molecule has 1 atom stereocenters. The number of piperazine rings is 1. The molecule has 0 aromatic heterocycles. The molecule has 0 radical (unpaired) electrons. The van der Waals surface area contributed by atoms with E-state index in [4.69, 9.17) is 0 Å². The molecule has 2 saturated heterocycles. The van der Waals surface area contributed by atoms with Gasteiger partial charge in [0, 0.05) is 50.5 Å². The van der Waals surface area contributed by atoms with E-state index < -0.39 is 15.9 Å². The number of nitrogens with zero attached hydrogens (tertiary/aromatic N) is 3. The third-order valence-electron chi connectivity index (χ3n) is 6.60. The zero-order valence-corrected chi connectivity index (χ0v) is 20.6. The second-order valence-electron chi connectivity index (χ2n) is 9.18. The lowest BCUT2D eigenvalue weighted by molar-refractivity contribution is -0.120. The lowest BCUT2D eigenvalue weighted by Crippen LogP contribution is -2.47. The van der Waals surface area contributed by atoms with E-state index in [1.54, 1.807) is 48.5 Å². The van der Waals surface area contributed by atoms with Gasteiger partial charge in [-0.3, -0.25) is 9.59 Å². The number of likely N-dealkylation sites (N-methyl/N-ethyl adjacent to an activating group) is 1. The summed E-state index contributed by atoms with van der Waals surface area (Å²) in [5, 5.41) is 2.89. The van der Waals surface area contributed by atoms with Gasteiger partial charge in [0.1, 0.15) is 0 Å². The molecule has 0 bridgehead atoms. The highest BCUT2D eigenvalue weighted by Crippen LogP contribution is 2.25. The van der Waals surface area contributed by atoms with Crippen molar-refractivity contribution in [2.75, 3.05) is 51.6 Å². The molecular weight excluding hydrogens is 452 g/mol. The minimum absolute atomic E-state index is 0.00443. The van der Waals surface area contributed by atoms with E-state index in [2.05, 4.69) is 10.2 Å². The van der Waals surface area contributed by atoms with Crippen LogP contribution >= 0.6 is 0 Å². The number of carbonyl (C=O) groups is 2. The Balaban J connectivity index is 1.37. The van der Waals surface area contributed by atoms with Crippen LogP contribution in [0.25, 0.3) is 0 Å². The Bertz CT molecular complexity index is 1120. The molecule has 2 aliphatic rings. The summed E-state index contributed by atoms with van der Waals surface area (Å²) in [6.45, 7) is 5.60. The third-order valence-corrected chi connectivity index (χ3v) is 8.48. The number of amides is 2. The average Bonchev–Trinajstić information content (AvgIpc) is 2.85. The van der Waals surface area contributed by atoms with Crippen molar-refractivity contribution >= 4 is 27.5 Å². The molecule has 2 fully saturated rings. The number of rotatable bonds is 5. The maximum Gasteiger partial charge on any atom is 0.253 e. The molecule has 2 aromatic carbocycles. The zero-order valence-electron chi connectivity index (χ0n) is 19.7. The topological polar surface area (TPSA) is 90.0 Å². The van der Waals surface area contributed by atoms with Crippen LogP contribution in [-0.4, -0.2) is 80.7 Å². The van der Waals surface area contributed by atoms with Gasteiger partial charge in [0.2, 0.25) is 15.9 Å². The Labute approximate surface area is 201 Å². The molecule has 0 spiro atoms. The van der Waals surface area contributed by atoms with Gasteiger partial charge in [0.15, 0.2) is 0 Å². The minimum atomic E-state index is -3.64. The van der Waals surface area contributed by atoms with Crippen molar-refractivity contribution in [3.63, 3.8) is 0 Å². The minimum Gasteiger partial charge on any atom is -0.336 e. The van der Waals surface area contributed by atoms with E-state index in [-0.39, 0.29) is 23.3 Å². The number of benzene rings is 2. The monoisotopic (exact) mass is 484 g/mol. The second kappa shape index (κ2) is 10.2. The Kier molecular flexibility index (Phi) is 7.35. The first kappa shape index (κ1) is 24.4. The van der Waals surface area contributed by atoms with Gasteiger partial charge in [-0.25, -0.2) is 8.42 Å². The highest BCUT2D eigenvalue weighted by molar-refractivity contribution is 7.89. The predicted octanol–water partition coefficient (Wildman–Crippen LogP) is 2.42. The number of hydrogen-bond acceptors (Lipinski definition) is 5. The van der Waals surface area contributed by atoms with Gasteiger partial charge in [0.05, 0.1) is 10.8 Å². The maximum atomic E-state index is 13.0. The Morgan fingerprint density at radius 1 is 0.912 bits per heavy atom. The van der Waals surface area contributed by atoms with Crippen LogP contribution in [0, 0.1) is 12.8 Å². The number of aryl methyl sites for hydroxylation is 1. The lowest BCUT2D eigenvalue weighted by Gasteiger charge is -2.32. The quantitative estimate of drug-likeness (QED) is 0.704. The number of sulfonamides is 1. The molecule has 2 heterocycles. The summed E-state index contributed by atoms with van der Waals surface area (Å²) >= 11 is 0. The molecule has 1 unspecified atom stereocenters. The Morgan fingerprint density at radius 2 is 1.56 bits per heavy atom. The maximum absolute atomic E-state index is 13.0. The third kappa shape index (κ3) is 5.48. The van der Waals surface area contributed by atoms with Gasteiger partial charge >= 0.3 is 0 Å². The van der Waals surface area contributed by atoms with Crippen LogP contribution in [-0.2, 0) is 14.8 Å². The summed E-state index contributed by atoms with van der Waals surface area (Å²) in [6.07, 6.45) is 1.26. The van der Waals surface area contributed by atoms with Crippen molar-refractivity contribution < 1.29 is 18.0 Å². The SMILES string of the molecule is Cc1ccc(S(=O)(=O)N2CCCC(C(=O)Nc3ccc(C(=O)N4CCN(C)CC4)cc3)C2)cc1. The molecule has 2 aliphatic heterocycles. The first-order chi connectivity index (χ1) is 16.2. The zero-order chi connectivity index (χ0) is 24.3. The predicted molar refractivity (Wildman–Crippen MR) is 131 cm³/mol. The summed E-state index contributed by atoms with van der Waals surface area (Å²) in [7, 11) is -1.59. The van der Waals surface area contributed by atoms with Crippen molar-refractivity contribution in [3.8, 4) is 0 Å². The van der Waals surface area contributed by atoms with E-state index in [0.717, 1.165) is 18.7 Å². The molecule has 8 nitrogen and oxygen atoms in total. The molecule has 1 N–H and O–H groups in total. The Morgan fingerprint density at radius 3 is 2.21 bits per heavy atom. The van der Waals surface area contributed by atoms with Gasteiger partial charge in [-0.2, -0.15) is 4.31 Å². The largest absolute Gasteiger partial charge is 0.336 e. The molecule has 0 saturated carbocycles. The van der Waals surface area contributed by atoms with E-state index in [1.165, 1.54) is 4.31 Å². The molecule has 182 valence electrons. The molecule has 9 heteroatoms. The van der Waals surface area contributed by atoms with Crippen LogP contribution in [0.1, 0.15) is 28.8 Å². The highest BCUT2D eigenvalue weighted by Gasteiger charge is 2.33. The molecule has 34 heavy (non-hydrogen) atoms. The fourth-order valence-electron chi connectivity index (χ4n) is 4.37. The van der Waals surface area contributed by atoms with Crippen LogP contribution in [0.3, 0.4) is 0 Å². The highest BCUT2D eigenvalue weighted by atomic mass is 32.2. The fraction of sp³-hybridized carbons (Fsp3) is 0.440. The molecule has 4 rings (SSSR count). The van der Waals surface area contributed by atoms with Gasteiger partial charge in [-0.15, -0.1) is 0 Å². The van der Waals surface area contributed by atoms with Crippen molar-refractivity contribution in [1.82, 2.24) is 14.1 Å². The molecule has 2 amide bonds. The molecule has 0 aliphatic carbocycles. The second-order valence-corrected chi connectivity index (χ2v) is 11.1. The summed E-state index contributed by atoms with van der Waals surface area (Å²) in [5.41, 5.74) is 2.18. The van der Waals surface area contributed by atoms with Gasteiger partial charge < -0.3 is 15.1 Å². The smallest absolute Gasteiger partial charge is 0.253 e. The number of carbonyl (C=O) groups excluding carboxylic acids is 2.